The van der Waals surface area contributed by atoms with Gasteiger partial charge >= 0.3 is 6.18 Å². The molecule has 0 aliphatic carbocycles. The van der Waals surface area contributed by atoms with Crippen LogP contribution in [0.25, 0.3) is 0 Å². The molecule has 1 N–H and O–H groups in total. The second-order valence-corrected chi connectivity index (χ2v) is 6.52. The van der Waals surface area contributed by atoms with E-state index < -0.39 is 26.7 Å². The molecule has 0 aromatic heterocycles. The average Bonchev–Trinajstić information content (AvgIpc) is 2.38. The van der Waals surface area contributed by atoms with Crippen LogP contribution >= 0.6 is 12.4 Å². The first-order valence-corrected chi connectivity index (χ1v) is 7.57. The summed E-state index contributed by atoms with van der Waals surface area (Å²) in [4.78, 5) is -0.679. The van der Waals surface area contributed by atoms with Crippen LogP contribution in [-0.2, 0) is 16.2 Å². The van der Waals surface area contributed by atoms with Crippen LogP contribution in [0, 0.1) is 0 Å². The highest BCUT2D eigenvalue weighted by atomic mass is 35.5. The summed E-state index contributed by atoms with van der Waals surface area (Å²) in [6.45, 7) is 2.68. The molecule has 1 aliphatic heterocycles. The van der Waals surface area contributed by atoms with Crippen LogP contribution in [0.2, 0.25) is 0 Å². The summed E-state index contributed by atoms with van der Waals surface area (Å²) in [5.41, 5.74) is -1.12. The molecule has 4 nitrogen and oxygen atoms in total. The Morgan fingerprint density at radius 3 is 2.48 bits per heavy atom. The molecule has 1 aromatic carbocycles. The van der Waals surface area contributed by atoms with Crippen molar-refractivity contribution in [2.45, 2.75) is 24.0 Å². The van der Waals surface area contributed by atoms with Gasteiger partial charge in [-0.15, -0.1) is 12.4 Å². The third-order valence-corrected chi connectivity index (χ3v) is 5.29. The summed E-state index contributed by atoms with van der Waals surface area (Å²) in [7, 11) is -4.15. The summed E-state index contributed by atoms with van der Waals surface area (Å²) < 4.78 is 64.9. The van der Waals surface area contributed by atoms with E-state index in [9.17, 15) is 21.6 Å². The average molecular weight is 345 g/mol. The number of rotatable bonds is 2. The largest absolute Gasteiger partial charge is 0.417 e. The Kier molecular flexibility index (Phi) is 5.65. The Hall–Kier alpha value is -0.830. The molecule has 1 fully saturated rings. The molecule has 0 unspecified atom stereocenters. The number of alkyl halides is 3. The third-order valence-electron chi connectivity index (χ3n) is 3.22. The maximum absolute atomic E-state index is 12.9. The highest BCUT2D eigenvalue weighted by Gasteiger charge is 2.40. The molecular formula is C12H16ClF3N2O2S. The standard InChI is InChI=1S/C12H15F3N2O2S.ClH/c1-9-8-16-6-7-17(9)20(18,19)11-5-3-2-4-10(11)12(13,14)15;/h2-5,9,16H,6-8H2,1H3;1H/t9-;/m1./s1. The maximum Gasteiger partial charge on any atom is 0.417 e. The Morgan fingerprint density at radius 2 is 1.90 bits per heavy atom. The zero-order chi connectivity index (χ0) is 15.0. The Morgan fingerprint density at radius 1 is 1.29 bits per heavy atom. The molecule has 1 saturated heterocycles. The van der Waals surface area contributed by atoms with E-state index in [1.165, 1.54) is 12.1 Å². The summed E-state index contributed by atoms with van der Waals surface area (Å²) in [5, 5.41) is 3.00. The van der Waals surface area contributed by atoms with E-state index in [4.69, 9.17) is 0 Å². The van der Waals surface area contributed by atoms with Crippen LogP contribution < -0.4 is 5.32 Å². The summed E-state index contributed by atoms with van der Waals surface area (Å²) in [5.74, 6) is 0. The topological polar surface area (TPSA) is 49.4 Å². The van der Waals surface area contributed by atoms with Gasteiger partial charge in [0.25, 0.3) is 0 Å². The van der Waals surface area contributed by atoms with Gasteiger partial charge in [0.2, 0.25) is 10.0 Å². The maximum atomic E-state index is 12.9. The van der Waals surface area contributed by atoms with E-state index in [2.05, 4.69) is 5.32 Å². The molecule has 0 bridgehead atoms. The van der Waals surface area contributed by atoms with Crippen molar-refractivity contribution >= 4 is 22.4 Å². The fourth-order valence-corrected chi connectivity index (χ4v) is 4.08. The van der Waals surface area contributed by atoms with Crippen molar-refractivity contribution < 1.29 is 21.6 Å². The Labute approximate surface area is 127 Å². The first kappa shape index (κ1) is 18.2. The number of hydrogen-bond donors (Lipinski definition) is 1. The van der Waals surface area contributed by atoms with Crippen molar-refractivity contribution in [3.63, 3.8) is 0 Å². The molecule has 1 heterocycles. The fourth-order valence-electron chi connectivity index (χ4n) is 2.23. The summed E-state index contributed by atoms with van der Waals surface area (Å²) in [6.07, 6.45) is -4.69. The number of nitrogens with one attached hydrogen (secondary N) is 1. The number of nitrogens with zero attached hydrogens (tertiary/aromatic N) is 1. The molecule has 0 spiro atoms. The lowest BCUT2D eigenvalue weighted by atomic mass is 10.2. The molecule has 0 saturated carbocycles. The molecule has 1 aromatic rings. The Bertz CT molecular complexity index is 592. The van der Waals surface area contributed by atoms with E-state index >= 15 is 0 Å². The van der Waals surface area contributed by atoms with Gasteiger partial charge in [-0.25, -0.2) is 8.42 Å². The van der Waals surface area contributed by atoms with Crippen molar-refractivity contribution in [2.75, 3.05) is 19.6 Å². The van der Waals surface area contributed by atoms with E-state index in [0.717, 1.165) is 16.4 Å². The van der Waals surface area contributed by atoms with Gasteiger partial charge in [0, 0.05) is 25.7 Å². The van der Waals surface area contributed by atoms with E-state index in [1.807, 2.05) is 0 Å². The monoisotopic (exact) mass is 344 g/mol. The molecule has 1 atom stereocenters. The SMILES string of the molecule is C[C@@H]1CNCCN1S(=O)(=O)c1ccccc1C(F)(F)F.Cl. The van der Waals surface area contributed by atoms with Crippen molar-refractivity contribution in [1.82, 2.24) is 9.62 Å². The molecule has 9 heteroatoms. The van der Waals surface area contributed by atoms with Gasteiger partial charge in [0.05, 0.1) is 10.5 Å². The molecular weight excluding hydrogens is 329 g/mol. The molecule has 0 radical (unpaired) electrons. The van der Waals surface area contributed by atoms with Crippen LogP contribution in [0.4, 0.5) is 13.2 Å². The zero-order valence-corrected chi connectivity index (χ0v) is 12.9. The fraction of sp³-hybridized carbons (Fsp3) is 0.500. The highest BCUT2D eigenvalue weighted by molar-refractivity contribution is 7.89. The van der Waals surface area contributed by atoms with Gasteiger partial charge in [-0.05, 0) is 19.1 Å². The smallest absolute Gasteiger partial charge is 0.314 e. The number of benzene rings is 1. The zero-order valence-electron chi connectivity index (χ0n) is 11.2. The van der Waals surface area contributed by atoms with Crippen LogP contribution in [0.3, 0.4) is 0 Å². The number of piperazine rings is 1. The molecule has 1 aliphatic rings. The lowest BCUT2D eigenvalue weighted by molar-refractivity contribution is -0.139. The summed E-state index contributed by atoms with van der Waals surface area (Å²) in [6, 6.07) is 3.90. The van der Waals surface area contributed by atoms with E-state index in [-0.39, 0.29) is 25.0 Å². The van der Waals surface area contributed by atoms with Gasteiger partial charge in [-0.3, -0.25) is 0 Å². The van der Waals surface area contributed by atoms with Crippen LogP contribution in [0.5, 0.6) is 0 Å². The van der Waals surface area contributed by atoms with Crippen molar-refractivity contribution in [3.05, 3.63) is 29.8 Å². The van der Waals surface area contributed by atoms with Gasteiger partial charge in [0.15, 0.2) is 0 Å². The summed E-state index contributed by atoms with van der Waals surface area (Å²) >= 11 is 0. The quantitative estimate of drug-likeness (QED) is 0.894. The normalized spacial score (nSPS) is 20.9. The Balaban J connectivity index is 0.00000220. The van der Waals surface area contributed by atoms with E-state index in [1.54, 1.807) is 6.92 Å². The van der Waals surface area contributed by atoms with Crippen molar-refractivity contribution in [1.29, 1.82) is 0 Å². The van der Waals surface area contributed by atoms with Crippen LogP contribution in [0.15, 0.2) is 29.2 Å². The van der Waals surface area contributed by atoms with Gasteiger partial charge in [-0.2, -0.15) is 17.5 Å². The van der Waals surface area contributed by atoms with Gasteiger partial charge in [0.1, 0.15) is 0 Å². The van der Waals surface area contributed by atoms with E-state index in [0.29, 0.717) is 13.1 Å². The minimum Gasteiger partial charge on any atom is -0.314 e. The number of halogens is 4. The third kappa shape index (κ3) is 3.68. The van der Waals surface area contributed by atoms with Crippen LogP contribution in [0.1, 0.15) is 12.5 Å². The first-order valence-electron chi connectivity index (χ1n) is 6.13. The minimum absolute atomic E-state index is 0. The molecule has 0 amide bonds. The predicted molar refractivity (Wildman–Crippen MR) is 74.9 cm³/mol. The highest BCUT2D eigenvalue weighted by Crippen LogP contribution is 2.35. The second kappa shape index (κ2) is 6.51. The first-order chi connectivity index (χ1) is 9.24. The van der Waals surface area contributed by atoms with Gasteiger partial charge in [-0.1, -0.05) is 12.1 Å². The van der Waals surface area contributed by atoms with Gasteiger partial charge < -0.3 is 5.32 Å². The molecule has 120 valence electrons. The number of hydrogen-bond acceptors (Lipinski definition) is 3. The lowest BCUT2D eigenvalue weighted by Crippen LogP contribution is -2.52. The van der Waals surface area contributed by atoms with Crippen molar-refractivity contribution in [3.8, 4) is 0 Å². The molecule has 2 rings (SSSR count). The van der Waals surface area contributed by atoms with Crippen LogP contribution in [-0.4, -0.2) is 38.4 Å². The predicted octanol–water partition coefficient (Wildman–Crippen LogP) is 2.11. The lowest BCUT2D eigenvalue weighted by Gasteiger charge is -2.33. The second-order valence-electron chi connectivity index (χ2n) is 4.66. The molecule has 21 heavy (non-hydrogen) atoms. The van der Waals surface area contributed by atoms with Crippen molar-refractivity contribution in [2.24, 2.45) is 0 Å². The minimum atomic E-state index is -4.69. The number of sulfonamides is 1.